The monoisotopic (exact) mass is 374 g/mol. The van der Waals surface area contributed by atoms with Crippen molar-refractivity contribution in [1.82, 2.24) is 5.32 Å². The molecule has 8 heteroatoms. The second kappa shape index (κ2) is 8.03. The van der Waals surface area contributed by atoms with Crippen molar-refractivity contribution in [2.75, 3.05) is 7.11 Å². The van der Waals surface area contributed by atoms with Crippen LogP contribution in [0, 0.1) is 10.1 Å². The normalized spacial score (nSPS) is 16.9. The molecule has 2 rings (SSSR count). The number of carbonyl (C=O) groups is 2. The maximum absolute atomic E-state index is 12.8. The molecule has 0 fully saturated rings. The van der Waals surface area contributed by atoms with Gasteiger partial charge in [0.1, 0.15) is 0 Å². The Bertz CT molecular complexity index is 854. The molecule has 1 atom stereocenters. The molecule has 1 aromatic carbocycles. The molecule has 0 saturated carbocycles. The van der Waals surface area contributed by atoms with Gasteiger partial charge in [-0.15, -0.1) is 0 Å². The van der Waals surface area contributed by atoms with Gasteiger partial charge >= 0.3 is 11.9 Å². The van der Waals surface area contributed by atoms with Crippen molar-refractivity contribution in [1.29, 1.82) is 0 Å². The van der Waals surface area contributed by atoms with E-state index < -0.39 is 28.9 Å². The number of hydrogen-bond acceptors (Lipinski definition) is 7. The van der Waals surface area contributed by atoms with Crippen molar-refractivity contribution in [3.8, 4) is 0 Å². The lowest BCUT2D eigenvalue weighted by molar-refractivity contribution is -0.385. The fraction of sp³-hybridized carbons (Fsp3) is 0.368. The molecule has 0 amide bonds. The van der Waals surface area contributed by atoms with Gasteiger partial charge in [0.05, 0.1) is 35.2 Å². The average Bonchev–Trinajstić information content (AvgIpc) is 2.59. The van der Waals surface area contributed by atoms with Gasteiger partial charge in [-0.05, 0) is 27.7 Å². The number of benzene rings is 1. The number of allylic oxidation sites excluding steroid dienone is 2. The van der Waals surface area contributed by atoms with Gasteiger partial charge in [-0.1, -0.05) is 18.2 Å². The summed E-state index contributed by atoms with van der Waals surface area (Å²) in [5.74, 6) is -2.30. The van der Waals surface area contributed by atoms with Gasteiger partial charge in [-0.2, -0.15) is 0 Å². The third-order valence-electron chi connectivity index (χ3n) is 4.17. The van der Waals surface area contributed by atoms with E-state index in [-0.39, 0.29) is 22.4 Å². The summed E-state index contributed by atoms with van der Waals surface area (Å²) < 4.78 is 10.2. The number of methoxy groups -OCH3 is 1. The Kier molecular flexibility index (Phi) is 5.99. The van der Waals surface area contributed by atoms with Crippen molar-refractivity contribution in [3.63, 3.8) is 0 Å². The van der Waals surface area contributed by atoms with Crippen LogP contribution < -0.4 is 5.32 Å². The molecular weight excluding hydrogens is 352 g/mol. The van der Waals surface area contributed by atoms with E-state index in [0.717, 1.165) is 0 Å². The summed E-state index contributed by atoms with van der Waals surface area (Å²) in [4.78, 5) is 36.3. The van der Waals surface area contributed by atoms with Crippen LogP contribution in [-0.4, -0.2) is 30.1 Å². The number of para-hydroxylation sites is 1. The van der Waals surface area contributed by atoms with Crippen LogP contribution in [0.5, 0.6) is 0 Å². The molecule has 8 nitrogen and oxygen atoms in total. The Morgan fingerprint density at radius 2 is 1.67 bits per heavy atom. The summed E-state index contributed by atoms with van der Waals surface area (Å²) in [6.45, 7) is 6.72. The van der Waals surface area contributed by atoms with E-state index in [1.807, 2.05) is 0 Å². The Morgan fingerprint density at radius 1 is 1.11 bits per heavy atom. The number of ether oxygens (including phenoxy) is 2. The molecule has 0 saturated heterocycles. The van der Waals surface area contributed by atoms with Crippen LogP contribution in [0.3, 0.4) is 0 Å². The van der Waals surface area contributed by atoms with Crippen LogP contribution in [0.4, 0.5) is 5.69 Å². The van der Waals surface area contributed by atoms with Gasteiger partial charge in [-0.25, -0.2) is 9.59 Å². The lowest BCUT2D eigenvalue weighted by atomic mass is 9.79. The van der Waals surface area contributed by atoms with Gasteiger partial charge in [0.15, 0.2) is 0 Å². The van der Waals surface area contributed by atoms with Gasteiger partial charge in [0.2, 0.25) is 0 Å². The van der Waals surface area contributed by atoms with E-state index in [2.05, 4.69) is 5.32 Å². The number of hydrogen-bond donors (Lipinski definition) is 1. The van der Waals surface area contributed by atoms with Crippen molar-refractivity contribution in [2.45, 2.75) is 39.7 Å². The summed E-state index contributed by atoms with van der Waals surface area (Å²) >= 11 is 0. The molecule has 144 valence electrons. The number of nitrogens with one attached hydrogen (secondary N) is 1. The highest BCUT2D eigenvalue weighted by atomic mass is 16.6. The number of nitro benzene ring substituents is 1. The third kappa shape index (κ3) is 3.99. The Hall–Kier alpha value is -3.16. The maximum atomic E-state index is 12.8. The van der Waals surface area contributed by atoms with Crippen molar-refractivity contribution >= 4 is 17.6 Å². The molecule has 0 radical (unpaired) electrons. The van der Waals surface area contributed by atoms with Gasteiger partial charge in [0.25, 0.3) is 5.69 Å². The van der Waals surface area contributed by atoms with Crippen LogP contribution >= 0.6 is 0 Å². The first-order chi connectivity index (χ1) is 12.7. The molecule has 1 aliphatic rings. The first kappa shape index (κ1) is 20.2. The maximum Gasteiger partial charge on any atom is 0.337 e. The number of carbonyl (C=O) groups excluding carboxylic acids is 2. The van der Waals surface area contributed by atoms with Crippen molar-refractivity contribution < 1.29 is 24.0 Å². The zero-order valence-electron chi connectivity index (χ0n) is 15.9. The average molecular weight is 374 g/mol. The zero-order valence-corrected chi connectivity index (χ0v) is 15.9. The zero-order chi connectivity index (χ0) is 20.3. The second-order valence-electron chi connectivity index (χ2n) is 6.40. The Balaban J connectivity index is 2.76. The van der Waals surface area contributed by atoms with Crippen LogP contribution in [0.15, 0.2) is 46.8 Å². The topological polar surface area (TPSA) is 108 Å². The highest BCUT2D eigenvalue weighted by Crippen LogP contribution is 2.42. The first-order valence-electron chi connectivity index (χ1n) is 8.40. The Labute approximate surface area is 157 Å². The third-order valence-corrected chi connectivity index (χ3v) is 4.17. The summed E-state index contributed by atoms with van der Waals surface area (Å²) in [5.41, 5.74) is 1.23. The van der Waals surface area contributed by atoms with E-state index in [1.165, 1.54) is 25.3 Å². The highest BCUT2D eigenvalue weighted by molar-refractivity contribution is 6.00. The second-order valence-corrected chi connectivity index (χ2v) is 6.40. The number of dihydropyridines is 1. The fourth-order valence-electron chi connectivity index (χ4n) is 3.13. The smallest absolute Gasteiger partial charge is 0.337 e. The van der Waals surface area contributed by atoms with E-state index >= 15 is 0 Å². The number of nitrogens with zero attached hydrogens (tertiary/aromatic N) is 1. The van der Waals surface area contributed by atoms with Crippen molar-refractivity contribution in [3.05, 3.63) is 62.5 Å². The fourth-order valence-corrected chi connectivity index (χ4v) is 3.13. The van der Waals surface area contributed by atoms with Crippen LogP contribution in [-0.2, 0) is 19.1 Å². The molecular formula is C19H22N2O6. The van der Waals surface area contributed by atoms with Gasteiger partial charge in [-0.3, -0.25) is 10.1 Å². The Morgan fingerprint density at radius 3 is 2.19 bits per heavy atom. The summed E-state index contributed by atoms with van der Waals surface area (Å²) in [7, 11) is 1.22. The first-order valence-corrected chi connectivity index (χ1v) is 8.40. The van der Waals surface area contributed by atoms with E-state index in [1.54, 1.807) is 33.8 Å². The van der Waals surface area contributed by atoms with E-state index in [0.29, 0.717) is 11.4 Å². The van der Waals surface area contributed by atoms with Gasteiger partial charge in [0, 0.05) is 23.0 Å². The number of rotatable bonds is 5. The standard InChI is InChI=1S/C19H22N2O6/c1-10(2)27-19(23)16-12(4)20-11(3)15(18(22)26-5)17(16)13-8-6-7-9-14(13)21(24)25/h6-10,17,20H,1-5H3/t17-/m0/s1. The molecule has 0 aliphatic carbocycles. The molecule has 1 heterocycles. The highest BCUT2D eigenvalue weighted by Gasteiger charge is 2.40. The summed E-state index contributed by atoms with van der Waals surface area (Å²) in [5, 5.41) is 14.5. The molecule has 1 N–H and O–H groups in total. The predicted octanol–water partition coefficient (Wildman–Crippen LogP) is 2.95. The van der Waals surface area contributed by atoms with Crippen LogP contribution in [0.2, 0.25) is 0 Å². The van der Waals surface area contributed by atoms with E-state index in [4.69, 9.17) is 9.47 Å². The summed E-state index contributed by atoms with van der Waals surface area (Å²) in [6, 6.07) is 6.01. The van der Waals surface area contributed by atoms with Crippen LogP contribution in [0.25, 0.3) is 0 Å². The minimum absolute atomic E-state index is 0.133. The summed E-state index contributed by atoms with van der Waals surface area (Å²) in [6.07, 6.45) is -0.391. The predicted molar refractivity (Wildman–Crippen MR) is 97.6 cm³/mol. The molecule has 1 aromatic rings. The molecule has 0 unspecified atom stereocenters. The quantitative estimate of drug-likeness (QED) is 0.479. The minimum Gasteiger partial charge on any atom is -0.466 e. The van der Waals surface area contributed by atoms with E-state index in [9.17, 15) is 19.7 Å². The van der Waals surface area contributed by atoms with Gasteiger partial charge < -0.3 is 14.8 Å². The van der Waals surface area contributed by atoms with Crippen LogP contribution in [0.1, 0.15) is 39.2 Å². The lowest BCUT2D eigenvalue weighted by Gasteiger charge is -2.30. The number of nitro groups is 1. The largest absolute Gasteiger partial charge is 0.466 e. The lowest BCUT2D eigenvalue weighted by Crippen LogP contribution is -2.33. The minimum atomic E-state index is -0.980. The molecule has 27 heavy (non-hydrogen) atoms. The number of esters is 2. The molecule has 0 bridgehead atoms. The molecule has 1 aliphatic heterocycles. The SMILES string of the molecule is COC(=O)C1=C(C)NC(C)=C(C(=O)OC(C)C)[C@H]1c1ccccc1[N+](=O)[O-]. The molecule has 0 aromatic heterocycles. The molecule has 0 spiro atoms. The van der Waals surface area contributed by atoms with Crippen molar-refractivity contribution in [2.24, 2.45) is 0 Å².